The summed E-state index contributed by atoms with van der Waals surface area (Å²) in [4.78, 5) is 26.8. The molecule has 0 bridgehead atoms. The standard InChI is InChI=1S/C25H27NO3S/c1-25(2,3)18-11-12-19-20(14-18)30-23(21(19)24(28)29-4)26-22(27)17-10-9-15-7-5-6-8-16(15)13-17/h5-10,13,18H,11-12,14H2,1-4H3,(H,26,27)/t18-/m1/s1. The number of rotatable bonds is 3. The Labute approximate surface area is 181 Å². The highest BCUT2D eigenvalue weighted by Gasteiger charge is 2.34. The van der Waals surface area contributed by atoms with Crippen LogP contribution in [0.3, 0.4) is 0 Å². The highest BCUT2D eigenvalue weighted by molar-refractivity contribution is 7.17. The fourth-order valence-corrected chi connectivity index (χ4v) is 5.55. The topological polar surface area (TPSA) is 55.4 Å². The van der Waals surface area contributed by atoms with Gasteiger partial charge in [0.05, 0.1) is 12.7 Å². The van der Waals surface area contributed by atoms with E-state index in [0.717, 1.165) is 35.6 Å². The molecule has 1 heterocycles. The number of fused-ring (bicyclic) bond motifs is 2. The lowest BCUT2D eigenvalue weighted by molar-refractivity contribution is 0.0600. The summed E-state index contributed by atoms with van der Waals surface area (Å²) in [5.74, 6) is -0.0365. The van der Waals surface area contributed by atoms with E-state index in [2.05, 4.69) is 26.1 Å². The highest BCUT2D eigenvalue weighted by Crippen LogP contribution is 2.44. The number of amides is 1. The van der Waals surface area contributed by atoms with Crippen molar-refractivity contribution in [2.45, 2.75) is 40.0 Å². The molecular weight excluding hydrogens is 394 g/mol. The molecule has 5 heteroatoms. The fraction of sp³-hybridized carbons (Fsp3) is 0.360. The zero-order valence-electron chi connectivity index (χ0n) is 17.9. The number of methoxy groups -OCH3 is 1. The van der Waals surface area contributed by atoms with Crippen molar-refractivity contribution in [2.75, 3.05) is 12.4 Å². The summed E-state index contributed by atoms with van der Waals surface area (Å²) in [6.07, 6.45) is 2.80. The normalized spacial score (nSPS) is 16.2. The molecule has 1 atom stereocenters. The van der Waals surface area contributed by atoms with E-state index < -0.39 is 0 Å². The zero-order chi connectivity index (χ0) is 21.5. The Bertz CT molecular complexity index is 1120. The molecule has 1 aliphatic carbocycles. The summed E-state index contributed by atoms with van der Waals surface area (Å²) in [5, 5.41) is 5.69. The number of thiophene rings is 1. The van der Waals surface area contributed by atoms with Gasteiger partial charge in [0, 0.05) is 10.4 Å². The molecule has 3 aromatic rings. The molecule has 156 valence electrons. The monoisotopic (exact) mass is 421 g/mol. The summed E-state index contributed by atoms with van der Waals surface area (Å²) in [5.41, 5.74) is 2.35. The number of hydrogen-bond donors (Lipinski definition) is 1. The average molecular weight is 422 g/mol. The van der Waals surface area contributed by atoms with Crippen molar-refractivity contribution in [3.63, 3.8) is 0 Å². The third kappa shape index (κ3) is 3.86. The second-order valence-electron chi connectivity index (χ2n) is 9.02. The van der Waals surface area contributed by atoms with E-state index in [-0.39, 0.29) is 17.3 Å². The molecule has 0 aliphatic heterocycles. The first-order valence-electron chi connectivity index (χ1n) is 10.3. The lowest BCUT2D eigenvalue weighted by Gasteiger charge is -2.33. The highest BCUT2D eigenvalue weighted by atomic mass is 32.1. The SMILES string of the molecule is COC(=O)c1c(NC(=O)c2ccc3ccccc3c2)sc2c1CC[C@@H](C(C)(C)C)C2. The van der Waals surface area contributed by atoms with Crippen LogP contribution < -0.4 is 5.32 Å². The smallest absolute Gasteiger partial charge is 0.341 e. The Morgan fingerprint density at radius 1 is 1.10 bits per heavy atom. The molecule has 0 unspecified atom stereocenters. The van der Waals surface area contributed by atoms with E-state index >= 15 is 0 Å². The van der Waals surface area contributed by atoms with Crippen molar-refractivity contribution in [3.05, 3.63) is 64.0 Å². The van der Waals surface area contributed by atoms with Crippen LogP contribution in [-0.2, 0) is 17.6 Å². The predicted molar refractivity (Wildman–Crippen MR) is 123 cm³/mol. The summed E-state index contributed by atoms with van der Waals surface area (Å²) >= 11 is 1.52. The average Bonchev–Trinajstić information content (AvgIpc) is 3.09. The Balaban J connectivity index is 1.67. The molecular formula is C25H27NO3S. The van der Waals surface area contributed by atoms with E-state index in [1.54, 1.807) is 0 Å². The van der Waals surface area contributed by atoms with Gasteiger partial charge in [0.1, 0.15) is 5.00 Å². The van der Waals surface area contributed by atoms with E-state index in [4.69, 9.17) is 4.74 Å². The van der Waals surface area contributed by atoms with Gasteiger partial charge in [-0.15, -0.1) is 11.3 Å². The summed E-state index contributed by atoms with van der Waals surface area (Å²) in [6.45, 7) is 6.79. The van der Waals surface area contributed by atoms with Crippen molar-refractivity contribution in [2.24, 2.45) is 11.3 Å². The van der Waals surface area contributed by atoms with Gasteiger partial charge in [-0.2, -0.15) is 0 Å². The molecule has 0 saturated heterocycles. The summed E-state index contributed by atoms with van der Waals surface area (Å²) in [7, 11) is 1.39. The largest absolute Gasteiger partial charge is 0.465 e. The van der Waals surface area contributed by atoms with Crippen LogP contribution >= 0.6 is 11.3 Å². The van der Waals surface area contributed by atoms with Gasteiger partial charge >= 0.3 is 5.97 Å². The minimum Gasteiger partial charge on any atom is -0.465 e. The second-order valence-corrected chi connectivity index (χ2v) is 10.1. The van der Waals surface area contributed by atoms with Crippen LogP contribution in [0.4, 0.5) is 5.00 Å². The molecule has 1 aromatic heterocycles. The third-order valence-corrected chi connectivity index (χ3v) is 7.29. The molecule has 0 saturated carbocycles. The molecule has 1 aliphatic rings. The molecule has 0 fully saturated rings. The first-order valence-corrected chi connectivity index (χ1v) is 11.1. The minimum absolute atomic E-state index is 0.210. The summed E-state index contributed by atoms with van der Waals surface area (Å²) < 4.78 is 5.06. The van der Waals surface area contributed by atoms with Gasteiger partial charge in [-0.25, -0.2) is 4.79 Å². The van der Waals surface area contributed by atoms with E-state index in [9.17, 15) is 9.59 Å². The molecule has 0 spiro atoms. The molecule has 2 aromatic carbocycles. The Kier molecular flexibility index (Phi) is 5.41. The molecule has 4 nitrogen and oxygen atoms in total. The number of carbonyl (C=O) groups is 2. The van der Waals surface area contributed by atoms with Crippen LogP contribution in [0.5, 0.6) is 0 Å². The van der Waals surface area contributed by atoms with Crippen molar-refractivity contribution >= 4 is 39.0 Å². The number of esters is 1. The number of anilines is 1. The van der Waals surface area contributed by atoms with Crippen molar-refractivity contribution < 1.29 is 14.3 Å². The fourth-order valence-electron chi connectivity index (χ4n) is 4.24. The van der Waals surface area contributed by atoms with Crippen LogP contribution in [0.1, 0.15) is 58.3 Å². The van der Waals surface area contributed by atoms with Crippen LogP contribution in [-0.4, -0.2) is 19.0 Å². The van der Waals surface area contributed by atoms with Crippen molar-refractivity contribution in [3.8, 4) is 0 Å². The zero-order valence-corrected chi connectivity index (χ0v) is 18.7. The number of carbonyl (C=O) groups excluding carboxylic acids is 2. The van der Waals surface area contributed by atoms with Crippen LogP contribution in [0.15, 0.2) is 42.5 Å². The lowest BCUT2D eigenvalue weighted by Crippen LogP contribution is -2.26. The van der Waals surface area contributed by atoms with Crippen molar-refractivity contribution in [1.29, 1.82) is 0 Å². The first kappa shape index (κ1) is 20.6. The van der Waals surface area contributed by atoms with Gasteiger partial charge in [0.25, 0.3) is 5.91 Å². The van der Waals surface area contributed by atoms with Crippen LogP contribution in [0, 0.1) is 11.3 Å². The van der Waals surface area contributed by atoms with Gasteiger partial charge in [0.15, 0.2) is 0 Å². The molecule has 1 amide bonds. The molecule has 0 radical (unpaired) electrons. The number of nitrogens with one attached hydrogen (secondary N) is 1. The third-order valence-electron chi connectivity index (χ3n) is 6.12. The second kappa shape index (κ2) is 7.88. The molecule has 4 rings (SSSR count). The van der Waals surface area contributed by atoms with Gasteiger partial charge in [-0.3, -0.25) is 4.79 Å². The quantitative estimate of drug-likeness (QED) is 0.521. The molecule has 30 heavy (non-hydrogen) atoms. The Morgan fingerprint density at radius 3 is 2.53 bits per heavy atom. The lowest BCUT2D eigenvalue weighted by atomic mass is 9.72. The Morgan fingerprint density at radius 2 is 1.83 bits per heavy atom. The predicted octanol–water partition coefficient (Wildman–Crippen LogP) is 6.09. The number of hydrogen-bond acceptors (Lipinski definition) is 4. The summed E-state index contributed by atoms with van der Waals surface area (Å²) in [6, 6.07) is 13.6. The van der Waals surface area contributed by atoms with Crippen LogP contribution in [0.25, 0.3) is 10.8 Å². The van der Waals surface area contributed by atoms with E-state index in [1.165, 1.54) is 23.3 Å². The number of benzene rings is 2. The molecule has 1 N–H and O–H groups in total. The van der Waals surface area contributed by atoms with Crippen molar-refractivity contribution in [1.82, 2.24) is 0 Å². The Hall–Kier alpha value is -2.66. The number of ether oxygens (including phenoxy) is 1. The maximum absolute atomic E-state index is 13.0. The van der Waals surface area contributed by atoms with Gasteiger partial charge in [0.2, 0.25) is 0 Å². The maximum Gasteiger partial charge on any atom is 0.341 e. The van der Waals surface area contributed by atoms with Gasteiger partial charge in [-0.1, -0.05) is 51.1 Å². The maximum atomic E-state index is 13.0. The minimum atomic E-state index is -0.379. The van der Waals surface area contributed by atoms with E-state index in [0.29, 0.717) is 22.0 Å². The van der Waals surface area contributed by atoms with Gasteiger partial charge < -0.3 is 10.1 Å². The van der Waals surface area contributed by atoms with E-state index in [1.807, 2.05) is 42.5 Å². The van der Waals surface area contributed by atoms with Crippen LogP contribution in [0.2, 0.25) is 0 Å². The van der Waals surface area contributed by atoms with Gasteiger partial charge in [-0.05, 0) is 59.1 Å². The first-order chi connectivity index (χ1) is 14.3.